The number of hydrogen-bond acceptors (Lipinski definition) is 6. The van der Waals surface area contributed by atoms with Crippen LogP contribution in [-0.4, -0.2) is 41.0 Å². The van der Waals surface area contributed by atoms with Gasteiger partial charge < -0.3 is 9.47 Å². The molecule has 0 aliphatic carbocycles. The molecule has 6 nitrogen and oxygen atoms in total. The fraction of sp³-hybridized carbons (Fsp3) is 0.417. The van der Waals surface area contributed by atoms with Gasteiger partial charge in [0.2, 0.25) is 0 Å². The van der Waals surface area contributed by atoms with Gasteiger partial charge in [0, 0.05) is 0 Å². The van der Waals surface area contributed by atoms with Crippen LogP contribution in [0.1, 0.15) is 5.56 Å². The van der Waals surface area contributed by atoms with Gasteiger partial charge in [0.05, 0.1) is 19.8 Å². The summed E-state index contributed by atoms with van der Waals surface area (Å²) >= 11 is 0. The van der Waals surface area contributed by atoms with Gasteiger partial charge in [-0.3, -0.25) is 8.98 Å². The van der Waals surface area contributed by atoms with Crippen LogP contribution in [0.4, 0.5) is 0 Å². The normalized spacial score (nSPS) is 11.1. The van der Waals surface area contributed by atoms with E-state index in [1.807, 2.05) is 0 Å². The van der Waals surface area contributed by atoms with Crippen molar-refractivity contribution in [3.63, 3.8) is 0 Å². The zero-order valence-corrected chi connectivity index (χ0v) is 11.6. The molecule has 7 heteroatoms. The van der Waals surface area contributed by atoms with Crippen molar-refractivity contribution in [2.24, 2.45) is 0 Å². The number of carbonyl (C=O) groups is 1. The van der Waals surface area contributed by atoms with Gasteiger partial charge in [-0.25, -0.2) is 0 Å². The van der Waals surface area contributed by atoms with E-state index in [1.54, 1.807) is 24.3 Å². The molecule has 0 radical (unpaired) electrons. The van der Waals surface area contributed by atoms with E-state index in [2.05, 4.69) is 8.92 Å². The maximum Gasteiger partial charge on any atom is 0.309 e. The summed E-state index contributed by atoms with van der Waals surface area (Å²) in [6.45, 7) is 0.0894. The standard InChI is InChI=1S/C12H16O6S/c1-16-12(13)9-10-3-5-11(6-4-10)17-7-8-18-19(2,14)15/h3-6H,7-9H2,1-2H3. The number of ether oxygens (including phenoxy) is 2. The Morgan fingerprint density at radius 2 is 1.79 bits per heavy atom. The predicted molar refractivity (Wildman–Crippen MR) is 68.5 cm³/mol. The third-order valence-corrected chi connectivity index (χ3v) is 2.74. The summed E-state index contributed by atoms with van der Waals surface area (Å²) in [6.07, 6.45) is 1.18. The van der Waals surface area contributed by atoms with Crippen LogP contribution in [0.3, 0.4) is 0 Å². The van der Waals surface area contributed by atoms with Crippen LogP contribution in [0.15, 0.2) is 24.3 Å². The Labute approximate surface area is 112 Å². The highest BCUT2D eigenvalue weighted by atomic mass is 32.2. The molecule has 0 spiro atoms. The molecule has 19 heavy (non-hydrogen) atoms. The number of methoxy groups -OCH3 is 1. The molecule has 0 aliphatic heterocycles. The number of esters is 1. The Bertz CT molecular complexity index is 506. The molecule has 0 aromatic heterocycles. The maximum atomic E-state index is 11.0. The van der Waals surface area contributed by atoms with Crippen molar-refractivity contribution < 1.29 is 26.9 Å². The number of rotatable bonds is 7. The van der Waals surface area contributed by atoms with Crippen molar-refractivity contribution >= 4 is 16.1 Å². The zero-order valence-electron chi connectivity index (χ0n) is 10.8. The number of hydrogen-bond donors (Lipinski definition) is 0. The summed E-state index contributed by atoms with van der Waals surface area (Å²) in [5.41, 5.74) is 0.812. The molecule has 1 rings (SSSR count). The molecule has 1 aromatic rings. The van der Waals surface area contributed by atoms with Gasteiger partial charge in [-0.05, 0) is 17.7 Å². The van der Waals surface area contributed by atoms with Crippen LogP contribution in [0, 0.1) is 0 Å². The average Bonchev–Trinajstić information content (AvgIpc) is 2.35. The smallest absolute Gasteiger partial charge is 0.309 e. The van der Waals surface area contributed by atoms with Gasteiger partial charge in [0.25, 0.3) is 10.1 Å². The molecule has 0 atom stereocenters. The molecular formula is C12H16O6S. The van der Waals surface area contributed by atoms with E-state index in [9.17, 15) is 13.2 Å². The predicted octanol–water partition coefficient (Wildman–Crippen LogP) is 0.757. The van der Waals surface area contributed by atoms with Crippen molar-refractivity contribution in [2.75, 3.05) is 26.6 Å². The minimum atomic E-state index is -3.43. The molecule has 0 saturated carbocycles. The van der Waals surface area contributed by atoms with Crippen LogP contribution in [0.2, 0.25) is 0 Å². The fourth-order valence-corrected chi connectivity index (χ4v) is 1.66. The van der Waals surface area contributed by atoms with Crippen LogP contribution in [0.5, 0.6) is 5.75 Å². The lowest BCUT2D eigenvalue weighted by Gasteiger charge is -2.06. The Balaban J connectivity index is 2.38. The Morgan fingerprint density at radius 3 is 2.32 bits per heavy atom. The SMILES string of the molecule is COC(=O)Cc1ccc(OCCOS(C)(=O)=O)cc1. The van der Waals surface area contributed by atoms with Crippen molar-refractivity contribution in [1.82, 2.24) is 0 Å². The van der Waals surface area contributed by atoms with Gasteiger partial charge in [0.15, 0.2) is 0 Å². The van der Waals surface area contributed by atoms with Crippen LogP contribution < -0.4 is 4.74 Å². The number of carbonyl (C=O) groups excluding carboxylic acids is 1. The lowest BCUT2D eigenvalue weighted by molar-refractivity contribution is -0.139. The first-order valence-corrected chi connectivity index (χ1v) is 7.35. The molecule has 1 aromatic carbocycles. The summed E-state index contributed by atoms with van der Waals surface area (Å²) < 4.78 is 35.8. The zero-order chi connectivity index (χ0) is 14.3. The first kappa shape index (κ1) is 15.5. The minimum absolute atomic E-state index is 0.0389. The second-order valence-electron chi connectivity index (χ2n) is 3.77. The lowest BCUT2D eigenvalue weighted by Crippen LogP contribution is -2.11. The van der Waals surface area contributed by atoms with E-state index in [-0.39, 0.29) is 25.6 Å². The molecular weight excluding hydrogens is 272 g/mol. The lowest BCUT2D eigenvalue weighted by atomic mass is 10.1. The van der Waals surface area contributed by atoms with Crippen LogP contribution in [0.25, 0.3) is 0 Å². The Kier molecular flexibility index (Phi) is 5.78. The summed E-state index contributed by atoms with van der Waals surface area (Å²) in [6, 6.07) is 6.87. The molecule has 0 saturated heterocycles. The molecule has 0 fully saturated rings. The van der Waals surface area contributed by atoms with Gasteiger partial charge in [0.1, 0.15) is 19.0 Å². The molecule has 0 heterocycles. The quantitative estimate of drug-likeness (QED) is 0.418. The molecule has 0 N–H and O–H groups in total. The second kappa shape index (κ2) is 7.10. The molecule has 0 bridgehead atoms. The highest BCUT2D eigenvalue weighted by molar-refractivity contribution is 7.85. The maximum absolute atomic E-state index is 11.0. The number of benzene rings is 1. The summed E-state index contributed by atoms with van der Waals surface area (Å²) in [5.74, 6) is 0.265. The third kappa shape index (κ3) is 6.78. The van der Waals surface area contributed by atoms with Gasteiger partial charge >= 0.3 is 5.97 Å². The molecule has 0 amide bonds. The molecule has 0 aliphatic rings. The van der Waals surface area contributed by atoms with Crippen LogP contribution in [-0.2, 0) is 30.3 Å². The summed E-state index contributed by atoms with van der Waals surface area (Å²) in [7, 11) is -2.10. The Morgan fingerprint density at radius 1 is 1.16 bits per heavy atom. The van der Waals surface area contributed by atoms with Crippen molar-refractivity contribution in [3.05, 3.63) is 29.8 Å². The Hall–Kier alpha value is -1.60. The van der Waals surface area contributed by atoms with E-state index in [1.165, 1.54) is 7.11 Å². The first-order valence-electron chi connectivity index (χ1n) is 5.53. The van der Waals surface area contributed by atoms with Crippen molar-refractivity contribution in [3.8, 4) is 5.75 Å². The first-order chi connectivity index (χ1) is 8.90. The molecule has 0 unspecified atom stereocenters. The van der Waals surface area contributed by atoms with Gasteiger partial charge in [-0.15, -0.1) is 0 Å². The van der Waals surface area contributed by atoms with Gasteiger partial charge in [-0.2, -0.15) is 8.42 Å². The van der Waals surface area contributed by atoms with Crippen molar-refractivity contribution in [1.29, 1.82) is 0 Å². The largest absolute Gasteiger partial charge is 0.491 e. The monoisotopic (exact) mass is 288 g/mol. The van der Waals surface area contributed by atoms with Crippen LogP contribution >= 0.6 is 0 Å². The highest BCUT2D eigenvalue weighted by Gasteiger charge is 2.04. The second-order valence-corrected chi connectivity index (χ2v) is 5.42. The van der Waals surface area contributed by atoms with Crippen molar-refractivity contribution in [2.45, 2.75) is 6.42 Å². The van der Waals surface area contributed by atoms with E-state index < -0.39 is 10.1 Å². The third-order valence-electron chi connectivity index (χ3n) is 2.15. The van der Waals surface area contributed by atoms with Gasteiger partial charge in [-0.1, -0.05) is 12.1 Å². The van der Waals surface area contributed by atoms with E-state index in [0.29, 0.717) is 5.75 Å². The summed E-state index contributed by atoms with van der Waals surface area (Å²) in [5, 5.41) is 0. The minimum Gasteiger partial charge on any atom is -0.491 e. The fourth-order valence-electron chi connectivity index (χ4n) is 1.29. The van der Waals surface area contributed by atoms with E-state index in [0.717, 1.165) is 11.8 Å². The van der Waals surface area contributed by atoms with E-state index >= 15 is 0 Å². The molecule has 106 valence electrons. The highest BCUT2D eigenvalue weighted by Crippen LogP contribution is 2.12. The average molecular weight is 288 g/mol. The summed E-state index contributed by atoms with van der Waals surface area (Å²) in [4.78, 5) is 11.0. The van der Waals surface area contributed by atoms with E-state index in [4.69, 9.17) is 4.74 Å². The topological polar surface area (TPSA) is 78.9 Å².